The molecule has 0 aromatic heterocycles. The molecule has 2 aliphatic heterocycles. The number of hydrogen-bond donors (Lipinski definition) is 2. The van der Waals surface area contributed by atoms with E-state index in [1.807, 2.05) is 0 Å². The number of amides is 2. The third-order valence-corrected chi connectivity index (χ3v) is 9.75. The van der Waals surface area contributed by atoms with Gasteiger partial charge in [-0.2, -0.15) is 0 Å². The summed E-state index contributed by atoms with van der Waals surface area (Å²) < 4.78 is -1.19. The highest BCUT2D eigenvalue weighted by molar-refractivity contribution is 5.96. The molecule has 2 N–H and O–H groups in total. The minimum absolute atomic E-state index is 0.210. The van der Waals surface area contributed by atoms with Crippen LogP contribution in [0.2, 0.25) is 0 Å². The Kier molecular flexibility index (Phi) is 10.7. The largest absolute Gasteiger partial charge is 0.632 e. The Labute approximate surface area is 258 Å². The van der Waals surface area contributed by atoms with Crippen LogP contribution in [0.3, 0.4) is 0 Å². The van der Waals surface area contributed by atoms with Gasteiger partial charge in [0, 0.05) is 43.5 Å². The first kappa shape index (κ1) is 33.1. The van der Waals surface area contributed by atoms with E-state index in [-0.39, 0.29) is 24.9 Å². The lowest BCUT2D eigenvalue weighted by molar-refractivity contribution is -0.902. The third kappa shape index (κ3) is 7.14. The molecule has 2 aromatic rings. The van der Waals surface area contributed by atoms with Crippen LogP contribution in [0.1, 0.15) is 93.2 Å². The number of quaternary nitrogens is 2. The van der Waals surface area contributed by atoms with Gasteiger partial charge in [-0.25, -0.2) is 0 Å². The average Bonchev–Trinajstić information content (AvgIpc) is 3.56. The van der Waals surface area contributed by atoms with Crippen LogP contribution in [0.25, 0.3) is 0 Å². The van der Waals surface area contributed by atoms with E-state index >= 15 is 0 Å². The summed E-state index contributed by atoms with van der Waals surface area (Å²) in [6.07, 6.45) is 6.05. The molecular weight excluding hydrogens is 540 g/mol. The van der Waals surface area contributed by atoms with E-state index in [0.717, 1.165) is 59.3 Å². The summed E-state index contributed by atoms with van der Waals surface area (Å²) in [7, 11) is 0. The van der Waals surface area contributed by atoms with Crippen molar-refractivity contribution in [3.8, 4) is 0 Å². The second kappa shape index (κ2) is 13.9. The number of likely N-dealkylation sites (tertiary alicyclic amines) is 2. The van der Waals surface area contributed by atoms with Gasteiger partial charge in [0.15, 0.2) is 12.1 Å². The van der Waals surface area contributed by atoms with Crippen LogP contribution < -0.4 is 10.6 Å². The van der Waals surface area contributed by atoms with Crippen molar-refractivity contribution in [1.29, 1.82) is 0 Å². The highest BCUT2D eigenvalue weighted by Crippen LogP contribution is 2.33. The van der Waals surface area contributed by atoms with Crippen LogP contribution in [0.15, 0.2) is 24.3 Å². The third-order valence-electron chi connectivity index (χ3n) is 9.75. The van der Waals surface area contributed by atoms with E-state index in [1.54, 1.807) is 0 Å². The van der Waals surface area contributed by atoms with Crippen molar-refractivity contribution < 1.29 is 18.9 Å². The Morgan fingerprint density at radius 2 is 1.00 bits per heavy atom. The lowest BCUT2D eigenvalue weighted by Gasteiger charge is -2.46. The molecule has 0 saturated carbocycles. The summed E-state index contributed by atoms with van der Waals surface area (Å²) in [4.78, 5) is 27.1. The van der Waals surface area contributed by atoms with Crippen LogP contribution in [0.4, 0.5) is 11.4 Å². The van der Waals surface area contributed by atoms with Gasteiger partial charge in [-0.3, -0.25) is 9.59 Å². The highest BCUT2D eigenvalue weighted by atomic mass is 16.6. The molecule has 0 radical (unpaired) electrons. The molecule has 8 nitrogen and oxygen atoms in total. The van der Waals surface area contributed by atoms with E-state index in [4.69, 9.17) is 0 Å². The van der Waals surface area contributed by atoms with Crippen LogP contribution in [0.5, 0.6) is 0 Å². The van der Waals surface area contributed by atoms with Gasteiger partial charge in [-0.05, 0) is 61.8 Å². The SMILES string of the molecule is CCc1cc(C)cc(CC)c1NC(=O)C1CCC[N+]1([O-])CCC[N+]1([O-])CCCC1C(=O)Nc1c(CC)cc(C)cc1CC. The maximum absolute atomic E-state index is 14.0. The van der Waals surface area contributed by atoms with Crippen molar-refractivity contribution in [3.63, 3.8) is 0 Å². The number of anilines is 2. The number of aryl methyl sites for hydroxylation is 6. The summed E-state index contributed by atoms with van der Waals surface area (Å²) in [5, 5.41) is 34.3. The summed E-state index contributed by atoms with van der Waals surface area (Å²) in [6.45, 7) is 13.6. The zero-order valence-electron chi connectivity index (χ0n) is 27.2. The number of hydrogen-bond acceptors (Lipinski definition) is 4. The minimum atomic E-state index is -0.685. The van der Waals surface area contributed by atoms with Gasteiger partial charge < -0.3 is 30.3 Å². The number of hydroxylamine groups is 6. The number of benzene rings is 2. The molecule has 2 amide bonds. The van der Waals surface area contributed by atoms with Crippen LogP contribution in [-0.2, 0) is 35.3 Å². The molecule has 0 bridgehead atoms. The van der Waals surface area contributed by atoms with Crippen molar-refractivity contribution in [2.45, 2.75) is 111 Å². The van der Waals surface area contributed by atoms with Crippen molar-refractivity contribution in [2.75, 3.05) is 36.8 Å². The standard InChI is InChI=1S/C35H52N4O4/c1-7-26-20-24(5)21-27(8-2)32(26)36-34(40)30-14-11-16-38(30,42)18-13-19-39(43)17-12-15-31(39)35(41)37-33-28(9-3)22-25(6)23-29(33)10-4/h20-23,30-31H,7-19H2,1-6H3,(H,36,40)(H,37,41). The number of carbonyl (C=O) groups is 2. The van der Waals surface area contributed by atoms with Crippen molar-refractivity contribution >= 4 is 23.2 Å². The fourth-order valence-corrected chi connectivity index (χ4v) is 7.45. The van der Waals surface area contributed by atoms with Gasteiger partial charge >= 0.3 is 0 Å². The first-order valence-corrected chi connectivity index (χ1v) is 16.5. The molecule has 4 unspecified atom stereocenters. The Morgan fingerprint density at radius 3 is 1.30 bits per heavy atom. The minimum Gasteiger partial charge on any atom is -0.632 e. The molecule has 0 spiro atoms. The maximum Gasteiger partial charge on any atom is 0.283 e. The lowest BCUT2D eigenvalue weighted by Crippen LogP contribution is -2.55. The highest BCUT2D eigenvalue weighted by Gasteiger charge is 2.43. The van der Waals surface area contributed by atoms with Crippen molar-refractivity contribution in [3.05, 3.63) is 68.1 Å². The topological polar surface area (TPSA) is 104 Å². The first-order chi connectivity index (χ1) is 20.5. The molecule has 4 rings (SSSR count). The Balaban J connectivity index is 1.42. The molecule has 4 atom stereocenters. The second-order valence-corrected chi connectivity index (χ2v) is 12.8. The monoisotopic (exact) mass is 592 g/mol. The Bertz CT molecular complexity index is 1180. The summed E-state index contributed by atoms with van der Waals surface area (Å²) in [5.41, 5.74) is 8.38. The Morgan fingerprint density at radius 1 is 0.674 bits per heavy atom. The normalized spacial score (nSPS) is 25.2. The van der Waals surface area contributed by atoms with Crippen LogP contribution in [-0.4, -0.2) is 59.4 Å². The van der Waals surface area contributed by atoms with Gasteiger partial charge in [-0.15, -0.1) is 0 Å². The maximum atomic E-state index is 14.0. The van der Waals surface area contributed by atoms with E-state index in [0.29, 0.717) is 45.2 Å². The molecule has 0 aliphatic carbocycles. The molecule has 2 fully saturated rings. The van der Waals surface area contributed by atoms with Crippen molar-refractivity contribution in [2.24, 2.45) is 0 Å². The van der Waals surface area contributed by atoms with Gasteiger partial charge in [0.25, 0.3) is 11.8 Å². The lowest BCUT2D eigenvalue weighted by atomic mass is 9.99. The number of nitrogens with zero attached hydrogens (tertiary/aromatic N) is 2. The predicted octanol–water partition coefficient (Wildman–Crippen LogP) is 6.47. The quantitative estimate of drug-likeness (QED) is 0.218. The number of rotatable bonds is 12. The molecule has 236 valence electrons. The van der Waals surface area contributed by atoms with Gasteiger partial charge in [0.05, 0.1) is 26.2 Å². The molecule has 2 saturated heterocycles. The predicted molar refractivity (Wildman–Crippen MR) is 175 cm³/mol. The fourth-order valence-electron chi connectivity index (χ4n) is 7.45. The van der Waals surface area contributed by atoms with E-state index in [2.05, 4.69) is 76.4 Å². The molecule has 2 aromatic carbocycles. The summed E-state index contributed by atoms with van der Waals surface area (Å²) >= 11 is 0. The smallest absolute Gasteiger partial charge is 0.283 e. The molecule has 43 heavy (non-hydrogen) atoms. The molecular formula is C35H52N4O4. The van der Waals surface area contributed by atoms with Crippen LogP contribution >= 0.6 is 0 Å². The van der Waals surface area contributed by atoms with E-state index in [9.17, 15) is 20.0 Å². The van der Waals surface area contributed by atoms with Gasteiger partial charge in [0.1, 0.15) is 0 Å². The van der Waals surface area contributed by atoms with Crippen molar-refractivity contribution in [1.82, 2.24) is 0 Å². The van der Waals surface area contributed by atoms with E-state index in [1.165, 1.54) is 11.1 Å². The molecule has 2 aliphatic rings. The zero-order valence-corrected chi connectivity index (χ0v) is 27.2. The Hall–Kier alpha value is -2.78. The second-order valence-electron chi connectivity index (χ2n) is 12.8. The van der Waals surface area contributed by atoms with Crippen LogP contribution in [0, 0.1) is 24.3 Å². The summed E-state index contributed by atoms with van der Waals surface area (Å²) in [5.74, 6) is -0.441. The number of nitrogens with one attached hydrogen (secondary N) is 2. The summed E-state index contributed by atoms with van der Waals surface area (Å²) in [6, 6.07) is 7.05. The first-order valence-electron chi connectivity index (χ1n) is 16.5. The van der Waals surface area contributed by atoms with E-state index < -0.39 is 21.4 Å². The van der Waals surface area contributed by atoms with Gasteiger partial charge in [0.2, 0.25) is 0 Å². The number of carbonyl (C=O) groups excluding carboxylic acids is 2. The average molecular weight is 593 g/mol. The molecule has 8 heteroatoms. The fraction of sp³-hybridized carbons (Fsp3) is 0.600. The molecule has 2 heterocycles. The zero-order chi connectivity index (χ0) is 31.4. The van der Waals surface area contributed by atoms with Gasteiger partial charge in [-0.1, -0.05) is 63.1 Å².